The minimum Gasteiger partial charge on any atom is -0.323 e. The van der Waals surface area contributed by atoms with Gasteiger partial charge in [0.1, 0.15) is 0 Å². The van der Waals surface area contributed by atoms with Crippen molar-refractivity contribution < 1.29 is 0 Å². The summed E-state index contributed by atoms with van der Waals surface area (Å²) in [7, 11) is 0. The molecular formula is C16H20N2S2. The van der Waals surface area contributed by atoms with Gasteiger partial charge in [0.05, 0.1) is 5.52 Å². The van der Waals surface area contributed by atoms with Gasteiger partial charge in [-0.3, -0.25) is 4.98 Å². The number of nitrogens with zero attached hydrogens (tertiary/aromatic N) is 1. The van der Waals surface area contributed by atoms with E-state index in [2.05, 4.69) is 31.0 Å². The Morgan fingerprint density at radius 2 is 2.05 bits per heavy atom. The van der Waals surface area contributed by atoms with Crippen LogP contribution in [0.4, 0.5) is 0 Å². The number of thioether (sulfide) groups is 2. The van der Waals surface area contributed by atoms with E-state index in [0.29, 0.717) is 10.5 Å². The van der Waals surface area contributed by atoms with E-state index in [4.69, 9.17) is 5.73 Å². The van der Waals surface area contributed by atoms with Crippen LogP contribution in [0.2, 0.25) is 0 Å². The fourth-order valence-corrected chi connectivity index (χ4v) is 5.53. The zero-order chi connectivity index (χ0) is 14.1. The van der Waals surface area contributed by atoms with Crippen LogP contribution in [0.25, 0.3) is 10.9 Å². The van der Waals surface area contributed by atoms with Gasteiger partial charge in [0.25, 0.3) is 0 Å². The van der Waals surface area contributed by atoms with Crippen molar-refractivity contribution >= 4 is 34.4 Å². The number of hydrogen-bond acceptors (Lipinski definition) is 4. The Morgan fingerprint density at radius 3 is 2.85 bits per heavy atom. The molecule has 106 valence electrons. The second kappa shape index (κ2) is 5.96. The molecule has 1 aromatic heterocycles. The van der Waals surface area contributed by atoms with Gasteiger partial charge in [-0.25, -0.2) is 0 Å². The summed E-state index contributed by atoms with van der Waals surface area (Å²) in [6, 6.07) is 10.5. The number of benzene rings is 1. The molecule has 1 aliphatic rings. The molecule has 0 saturated carbocycles. The summed E-state index contributed by atoms with van der Waals surface area (Å²) < 4.78 is 0. The second-order valence-electron chi connectivity index (χ2n) is 5.41. The predicted molar refractivity (Wildman–Crippen MR) is 91.4 cm³/mol. The summed E-state index contributed by atoms with van der Waals surface area (Å²) in [4.78, 5) is 4.53. The summed E-state index contributed by atoms with van der Waals surface area (Å²) in [5.41, 5.74) is 8.69. The van der Waals surface area contributed by atoms with Gasteiger partial charge < -0.3 is 5.73 Å². The van der Waals surface area contributed by atoms with E-state index in [-0.39, 0.29) is 6.04 Å². The molecule has 1 aromatic carbocycles. The number of para-hydroxylation sites is 1. The van der Waals surface area contributed by atoms with Crippen LogP contribution in [0.3, 0.4) is 0 Å². The lowest BCUT2D eigenvalue weighted by molar-refractivity contribution is 0.706. The number of rotatable bonds is 2. The minimum atomic E-state index is 0.0690. The Bertz CT molecular complexity index is 602. The summed E-state index contributed by atoms with van der Waals surface area (Å²) in [5, 5.41) is 3.04. The fraction of sp³-hybridized carbons (Fsp3) is 0.438. The van der Waals surface area contributed by atoms with Crippen LogP contribution < -0.4 is 5.73 Å². The number of hydrogen-bond donors (Lipinski definition) is 1. The molecule has 4 heteroatoms. The molecule has 1 aliphatic heterocycles. The normalized spacial score (nSPS) is 28.4. The fourth-order valence-electron chi connectivity index (χ4n) is 2.48. The van der Waals surface area contributed by atoms with Crippen molar-refractivity contribution in [1.82, 2.24) is 4.98 Å². The average molecular weight is 304 g/mol. The van der Waals surface area contributed by atoms with Crippen molar-refractivity contribution in [2.75, 3.05) is 5.75 Å². The van der Waals surface area contributed by atoms with Gasteiger partial charge in [0, 0.05) is 39.1 Å². The molecule has 2 N–H and O–H groups in total. The number of nitrogens with two attached hydrogens (primary N) is 1. The lowest BCUT2D eigenvalue weighted by Gasteiger charge is -2.34. The smallest absolute Gasteiger partial charge is 0.0702 e. The van der Waals surface area contributed by atoms with Gasteiger partial charge in [-0.2, -0.15) is 23.5 Å². The van der Waals surface area contributed by atoms with Crippen LogP contribution in [-0.2, 0) is 0 Å². The summed E-state index contributed by atoms with van der Waals surface area (Å²) in [6.45, 7) is 4.61. The van der Waals surface area contributed by atoms with Gasteiger partial charge in [-0.15, -0.1) is 0 Å². The molecule has 3 rings (SSSR count). The molecule has 0 spiro atoms. The molecule has 4 unspecified atom stereocenters. The molecule has 2 aromatic rings. The first kappa shape index (κ1) is 14.2. The van der Waals surface area contributed by atoms with E-state index in [1.54, 1.807) is 0 Å². The Kier molecular flexibility index (Phi) is 4.24. The lowest BCUT2D eigenvalue weighted by atomic mass is 10.0. The summed E-state index contributed by atoms with van der Waals surface area (Å²) in [5.74, 6) is 1.13. The maximum Gasteiger partial charge on any atom is 0.0702 e. The largest absolute Gasteiger partial charge is 0.323 e. The van der Waals surface area contributed by atoms with E-state index in [1.165, 1.54) is 5.39 Å². The maximum absolute atomic E-state index is 6.49. The highest BCUT2D eigenvalue weighted by Gasteiger charge is 2.30. The summed E-state index contributed by atoms with van der Waals surface area (Å²) in [6.07, 6.45) is 1.95. The molecule has 20 heavy (non-hydrogen) atoms. The molecule has 1 fully saturated rings. The van der Waals surface area contributed by atoms with Gasteiger partial charge >= 0.3 is 0 Å². The third-order valence-corrected chi connectivity index (χ3v) is 7.49. The van der Waals surface area contributed by atoms with E-state index in [1.807, 2.05) is 47.9 Å². The number of pyridine rings is 1. The highest BCUT2D eigenvalue weighted by molar-refractivity contribution is 8.07. The maximum atomic E-state index is 6.49. The highest BCUT2D eigenvalue weighted by Crippen LogP contribution is 2.40. The number of fused-ring (bicyclic) bond motifs is 1. The van der Waals surface area contributed by atoms with Crippen molar-refractivity contribution in [3.05, 3.63) is 42.1 Å². The zero-order valence-corrected chi connectivity index (χ0v) is 13.5. The third-order valence-electron chi connectivity index (χ3n) is 3.97. The van der Waals surface area contributed by atoms with Crippen LogP contribution in [-0.4, -0.2) is 26.5 Å². The number of aromatic nitrogens is 1. The Balaban J connectivity index is 1.83. The predicted octanol–water partition coefficient (Wildman–Crippen LogP) is 3.86. The SMILES string of the molecule is CC1SCC(C(N)c2cnc3ccccc3c2)SC1C. The third kappa shape index (κ3) is 2.83. The first-order valence-electron chi connectivity index (χ1n) is 7.02. The van der Waals surface area contributed by atoms with Crippen molar-refractivity contribution in [3.8, 4) is 0 Å². The molecule has 0 bridgehead atoms. The highest BCUT2D eigenvalue weighted by atomic mass is 32.2. The molecule has 4 atom stereocenters. The van der Waals surface area contributed by atoms with Gasteiger partial charge in [-0.1, -0.05) is 32.0 Å². The van der Waals surface area contributed by atoms with E-state index in [0.717, 1.165) is 22.1 Å². The van der Waals surface area contributed by atoms with Crippen LogP contribution >= 0.6 is 23.5 Å². The molecule has 0 amide bonds. The zero-order valence-electron chi connectivity index (χ0n) is 11.8. The topological polar surface area (TPSA) is 38.9 Å². The minimum absolute atomic E-state index is 0.0690. The van der Waals surface area contributed by atoms with Crippen LogP contribution in [0.5, 0.6) is 0 Å². The van der Waals surface area contributed by atoms with E-state index in [9.17, 15) is 0 Å². The van der Waals surface area contributed by atoms with E-state index >= 15 is 0 Å². The quantitative estimate of drug-likeness (QED) is 0.914. The van der Waals surface area contributed by atoms with Crippen LogP contribution in [0.15, 0.2) is 36.5 Å². The molecule has 0 aliphatic carbocycles. The van der Waals surface area contributed by atoms with Gasteiger partial charge in [0.2, 0.25) is 0 Å². The van der Waals surface area contributed by atoms with Crippen molar-refractivity contribution in [2.45, 2.75) is 35.6 Å². The van der Waals surface area contributed by atoms with Gasteiger partial charge in [0.15, 0.2) is 0 Å². The molecule has 2 nitrogen and oxygen atoms in total. The monoisotopic (exact) mass is 304 g/mol. The van der Waals surface area contributed by atoms with Crippen molar-refractivity contribution in [3.63, 3.8) is 0 Å². The second-order valence-corrected chi connectivity index (χ2v) is 8.44. The van der Waals surface area contributed by atoms with Crippen molar-refractivity contribution in [2.24, 2.45) is 5.73 Å². The molecular weight excluding hydrogens is 284 g/mol. The van der Waals surface area contributed by atoms with Gasteiger partial charge in [-0.05, 0) is 17.7 Å². The first-order valence-corrected chi connectivity index (χ1v) is 9.01. The Morgan fingerprint density at radius 1 is 1.25 bits per heavy atom. The van der Waals surface area contributed by atoms with Crippen LogP contribution in [0.1, 0.15) is 25.5 Å². The standard InChI is InChI=1S/C16H20N2S2/c1-10-11(2)20-15(9-19-10)16(17)13-7-12-5-3-4-6-14(12)18-8-13/h3-8,10-11,15-16H,9,17H2,1-2H3. The summed E-state index contributed by atoms with van der Waals surface area (Å²) >= 11 is 4.07. The Labute approximate surface area is 128 Å². The Hall–Kier alpha value is -0.710. The molecule has 0 radical (unpaired) electrons. The van der Waals surface area contributed by atoms with Crippen molar-refractivity contribution in [1.29, 1.82) is 0 Å². The van der Waals surface area contributed by atoms with Crippen LogP contribution in [0, 0.1) is 0 Å². The lowest BCUT2D eigenvalue weighted by Crippen LogP contribution is -2.34. The first-order chi connectivity index (χ1) is 9.65. The molecule has 1 saturated heterocycles. The van der Waals surface area contributed by atoms with E-state index < -0.39 is 0 Å². The molecule has 2 heterocycles. The average Bonchev–Trinajstić information content (AvgIpc) is 2.49.